The summed E-state index contributed by atoms with van der Waals surface area (Å²) in [7, 11) is -2.53. The molecule has 0 aromatic heterocycles. The van der Waals surface area contributed by atoms with Gasteiger partial charge in [-0.05, 0) is 40.5 Å². The summed E-state index contributed by atoms with van der Waals surface area (Å²) < 4.78 is 22.2. The van der Waals surface area contributed by atoms with Gasteiger partial charge in [0.2, 0.25) is 0 Å². The van der Waals surface area contributed by atoms with Crippen molar-refractivity contribution in [2.24, 2.45) is 0 Å². The first-order valence-corrected chi connectivity index (χ1v) is 9.45. The zero-order valence-electron chi connectivity index (χ0n) is 13.3. The number of esters is 1. The predicted octanol–water partition coefficient (Wildman–Crippen LogP) is 2.93. The Morgan fingerprint density at radius 3 is 2.35 bits per heavy atom. The van der Waals surface area contributed by atoms with Gasteiger partial charge in [-0.25, -0.2) is 4.79 Å². The van der Waals surface area contributed by atoms with Crippen molar-refractivity contribution in [1.82, 2.24) is 0 Å². The highest BCUT2D eigenvalue weighted by atomic mass is 28.4. The second-order valence-corrected chi connectivity index (χ2v) is 7.00. The molecule has 0 aliphatic carbocycles. The lowest BCUT2D eigenvalue weighted by molar-refractivity contribution is -0.138. The molecule has 0 spiro atoms. The Labute approximate surface area is 123 Å². The van der Waals surface area contributed by atoms with E-state index in [-0.39, 0.29) is 12.1 Å². The molecule has 0 fully saturated rings. The Kier molecular flexibility index (Phi) is 10.6. The molecule has 0 aliphatic heterocycles. The highest BCUT2D eigenvalue weighted by Crippen LogP contribution is 2.15. The molecular formula is C14H28O5Si. The number of ether oxygens (including phenoxy) is 1. The number of hydrogen-bond donors (Lipinski definition) is 0. The quantitative estimate of drug-likeness (QED) is 0.254. The van der Waals surface area contributed by atoms with Crippen molar-refractivity contribution >= 4 is 14.8 Å². The molecule has 0 N–H and O–H groups in total. The Balaban J connectivity index is 3.96. The summed E-state index contributed by atoms with van der Waals surface area (Å²) in [6.07, 6.45) is 4.65. The normalized spacial score (nSPS) is 13.7. The average Bonchev–Trinajstić information content (AvgIpc) is 2.35. The molecule has 6 heteroatoms. The zero-order chi connectivity index (χ0) is 15.4. The summed E-state index contributed by atoms with van der Waals surface area (Å²) in [6.45, 7) is 11.1. The van der Waals surface area contributed by atoms with Gasteiger partial charge in [0.05, 0.1) is 6.61 Å². The molecule has 0 saturated heterocycles. The average molecular weight is 304 g/mol. The highest BCUT2D eigenvalue weighted by Gasteiger charge is 2.35. The van der Waals surface area contributed by atoms with E-state index in [1.165, 1.54) is 6.08 Å². The largest absolute Gasteiger partial charge is 0.497 e. The second-order valence-electron chi connectivity index (χ2n) is 4.47. The molecular weight excluding hydrogens is 276 g/mol. The van der Waals surface area contributed by atoms with Gasteiger partial charge < -0.3 is 18.0 Å². The lowest BCUT2D eigenvalue weighted by Gasteiger charge is -2.28. The molecule has 0 amide bonds. The summed E-state index contributed by atoms with van der Waals surface area (Å²) in [4.78, 5) is 11.1. The maximum Gasteiger partial charge on any atom is 0.497 e. The SMILES string of the molecule is CC=CC(=O)OCCCC(C)O[Si](C)(OCC)OCC. The van der Waals surface area contributed by atoms with Gasteiger partial charge in [0.25, 0.3) is 0 Å². The second kappa shape index (κ2) is 11.0. The van der Waals surface area contributed by atoms with E-state index >= 15 is 0 Å². The molecule has 1 atom stereocenters. The van der Waals surface area contributed by atoms with Crippen molar-refractivity contribution in [3.05, 3.63) is 12.2 Å². The van der Waals surface area contributed by atoms with Crippen LogP contribution in [0.2, 0.25) is 6.55 Å². The third-order valence-electron chi connectivity index (χ3n) is 2.53. The Bertz CT molecular complexity index is 287. The van der Waals surface area contributed by atoms with Gasteiger partial charge in [0.15, 0.2) is 0 Å². The van der Waals surface area contributed by atoms with E-state index in [1.54, 1.807) is 13.0 Å². The predicted molar refractivity (Wildman–Crippen MR) is 80.4 cm³/mol. The molecule has 118 valence electrons. The first kappa shape index (κ1) is 19.3. The topological polar surface area (TPSA) is 54.0 Å². The Hall–Kier alpha value is -0.693. The van der Waals surface area contributed by atoms with Gasteiger partial charge in [0, 0.05) is 31.9 Å². The molecule has 5 nitrogen and oxygen atoms in total. The van der Waals surface area contributed by atoms with Crippen molar-refractivity contribution in [3.8, 4) is 0 Å². The van der Waals surface area contributed by atoms with Crippen LogP contribution in [0.4, 0.5) is 0 Å². The third kappa shape index (κ3) is 9.25. The van der Waals surface area contributed by atoms with Crippen LogP contribution in [0, 0.1) is 0 Å². The first-order valence-electron chi connectivity index (χ1n) is 7.22. The van der Waals surface area contributed by atoms with Gasteiger partial charge in [-0.3, -0.25) is 0 Å². The van der Waals surface area contributed by atoms with Gasteiger partial charge in [-0.15, -0.1) is 0 Å². The van der Waals surface area contributed by atoms with Crippen molar-refractivity contribution in [1.29, 1.82) is 0 Å². The molecule has 0 aromatic rings. The Morgan fingerprint density at radius 2 is 1.85 bits per heavy atom. The molecule has 20 heavy (non-hydrogen) atoms. The lowest BCUT2D eigenvalue weighted by Crippen LogP contribution is -2.45. The van der Waals surface area contributed by atoms with Crippen LogP contribution >= 0.6 is 0 Å². The van der Waals surface area contributed by atoms with Crippen molar-refractivity contribution in [2.45, 2.75) is 53.2 Å². The molecule has 1 unspecified atom stereocenters. The maximum absolute atomic E-state index is 11.1. The van der Waals surface area contributed by atoms with Crippen LogP contribution in [-0.4, -0.2) is 40.7 Å². The fourth-order valence-corrected chi connectivity index (χ4v) is 3.90. The lowest BCUT2D eigenvalue weighted by atomic mass is 10.2. The standard InChI is InChI=1S/C14H28O5Si/c1-6-10-14(15)16-12-9-11-13(4)19-20(5,17-7-2)18-8-3/h6,10,13H,7-9,11-12H2,1-5H3. The fraction of sp³-hybridized carbons (Fsp3) is 0.786. The molecule has 0 saturated carbocycles. The van der Waals surface area contributed by atoms with E-state index in [0.29, 0.717) is 19.8 Å². The van der Waals surface area contributed by atoms with Crippen LogP contribution in [0.5, 0.6) is 0 Å². The smallest absolute Gasteiger partial charge is 0.463 e. The van der Waals surface area contributed by atoms with Crippen LogP contribution in [0.15, 0.2) is 12.2 Å². The number of rotatable bonds is 11. The molecule has 0 heterocycles. The van der Waals surface area contributed by atoms with Gasteiger partial charge in [-0.1, -0.05) is 6.08 Å². The van der Waals surface area contributed by atoms with E-state index in [0.717, 1.165) is 12.8 Å². The monoisotopic (exact) mass is 304 g/mol. The van der Waals surface area contributed by atoms with Crippen molar-refractivity contribution in [2.75, 3.05) is 19.8 Å². The maximum atomic E-state index is 11.1. The summed E-state index contributed by atoms with van der Waals surface area (Å²) in [5.74, 6) is -0.302. The summed E-state index contributed by atoms with van der Waals surface area (Å²) in [5, 5.41) is 0. The van der Waals surface area contributed by atoms with Crippen LogP contribution in [0.3, 0.4) is 0 Å². The summed E-state index contributed by atoms with van der Waals surface area (Å²) in [6, 6.07) is 0. The van der Waals surface area contributed by atoms with E-state index in [9.17, 15) is 4.79 Å². The van der Waals surface area contributed by atoms with Gasteiger partial charge in [0.1, 0.15) is 0 Å². The minimum atomic E-state index is -2.53. The minimum absolute atomic E-state index is 0.0187. The van der Waals surface area contributed by atoms with Crippen molar-refractivity contribution < 1.29 is 22.8 Å². The van der Waals surface area contributed by atoms with Gasteiger partial charge >= 0.3 is 14.8 Å². The summed E-state index contributed by atoms with van der Waals surface area (Å²) in [5.41, 5.74) is 0. The van der Waals surface area contributed by atoms with Crippen LogP contribution in [0.25, 0.3) is 0 Å². The fourth-order valence-electron chi connectivity index (χ4n) is 1.79. The highest BCUT2D eigenvalue weighted by molar-refractivity contribution is 6.59. The number of hydrogen-bond acceptors (Lipinski definition) is 5. The van der Waals surface area contributed by atoms with Gasteiger partial charge in [-0.2, -0.15) is 0 Å². The molecule has 0 aromatic carbocycles. The zero-order valence-corrected chi connectivity index (χ0v) is 14.3. The first-order chi connectivity index (χ1) is 9.47. The van der Waals surface area contributed by atoms with Crippen LogP contribution in [0.1, 0.15) is 40.5 Å². The van der Waals surface area contributed by atoms with Crippen LogP contribution in [-0.2, 0) is 22.8 Å². The van der Waals surface area contributed by atoms with Crippen molar-refractivity contribution in [3.63, 3.8) is 0 Å². The number of carbonyl (C=O) groups is 1. The van der Waals surface area contributed by atoms with E-state index in [1.807, 2.05) is 27.3 Å². The number of allylic oxidation sites excluding steroid dienone is 1. The van der Waals surface area contributed by atoms with E-state index in [4.69, 9.17) is 18.0 Å². The molecule has 0 radical (unpaired) electrons. The molecule has 0 aliphatic rings. The Morgan fingerprint density at radius 1 is 1.25 bits per heavy atom. The summed E-state index contributed by atoms with van der Waals surface area (Å²) >= 11 is 0. The van der Waals surface area contributed by atoms with Crippen LogP contribution < -0.4 is 0 Å². The molecule has 0 bridgehead atoms. The third-order valence-corrected chi connectivity index (χ3v) is 4.99. The van der Waals surface area contributed by atoms with E-state index < -0.39 is 8.80 Å². The molecule has 0 rings (SSSR count). The number of carbonyl (C=O) groups excluding carboxylic acids is 1. The van der Waals surface area contributed by atoms with E-state index in [2.05, 4.69) is 0 Å². The minimum Gasteiger partial charge on any atom is -0.463 e.